The van der Waals surface area contributed by atoms with Crippen LogP contribution in [-0.2, 0) is 14.8 Å². The van der Waals surface area contributed by atoms with Crippen LogP contribution in [0.3, 0.4) is 0 Å². The van der Waals surface area contributed by atoms with Crippen LogP contribution in [0.5, 0.6) is 0 Å². The fraction of sp³-hybridized carbons (Fsp3) is 0.588. The first-order chi connectivity index (χ1) is 11.1. The van der Waals surface area contributed by atoms with Gasteiger partial charge in [0.15, 0.2) is 0 Å². The molecule has 1 N–H and O–H groups in total. The third kappa shape index (κ3) is 2.78. The summed E-state index contributed by atoms with van der Waals surface area (Å²) in [7, 11) is -3.46. The molecule has 3 fully saturated rings. The summed E-state index contributed by atoms with van der Waals surface area (Å²) in [5.74, 6) is 1.20. The molecule has 0 spiro atoms. The van der Waals surface area contributed by atoms with Crippen LogP contribution in [0.1, 0.15) is 38.5 Å². The first-order valence-electron chi connectivity index (χ1n) is 8.49. The van der Waals surface area contributed by atoms with Gasteiger partial charge in [-0.2, -0.15) is 0 Å². The zero-order valence-corrected chi connectivity index (χ0v) is 13.9. The summed E-state index contributed by atoms with van der Waals surface area (Å²) in [6.45, 7) is 0.717. The summed E-state index contributed by atoms with van der Waals surface area (Å²) < 4.78 is 27.9. The van der Waals surface area contributed by atoms with E-state index in [1.807, 2.05) is 0 Å². The lowest BCUT2D eigenvalue weighted by atomic mass is 10.0. The van der Waals surface area contributed by atoms with Crippen molar-refractivity contribution < 1.29 is 13.2 Å². The maximum atomic E-state index is 12.5. The van der Waals surface area contributed by atoms with Gasteiger partial charge >= 0.3 is 0 Å². The number of amides is 1. The topological polar surface area (TPSA) is 66.5 Å². The normalized spacial score (nSPS) is 30.3. The van der Waals surface area contributed by atoms with Crippen molar-refractivity contribution in [2.75, 3.05) is 11.4 Å². The molecule has 1 aromatic rings. The molecule has 2 unspecified atom stereocenters. The van der Waals surface area contributed by atoms with E-state index < -0.39 is 10.0 Å². The lowest BCUT2D eigenvalue weighted by molar-refractivity contribution is -0.117. The number of carbonyl (C=O) groups excluding carboxylic acids is 1. The van der Waals surface area contributed by atoms with Gasteiger partial charge in [0.1, 0.15) is 0 Å². The molecule has 2 atom stereocenters. The van der Waals surface area contributed by atoms with Gasteiger partial charge in [-0.1, -0.05) is 12.8 Å². The second kappa shape index (κ2) is 5.60. The number of nitrogens with one attached hydrogen (secondary N) is 1. The number of anilines is 1. The highest BCUT2D eigenvalue weighted by Gasteiger charge is 2.52. The van der Waals surface area contributed by atoms with E-state index in [0.29, 0.717) is 24.8 Å². The zero-order chi connectivity index (χ0) is 16.0. The first-order valence-corrected chi connectivity index (χ1v) is 9.97. The van der Waals surface area contributed by atoms with E-state index in [9.17, 15) is 13.2 Å². The Morgan fingerprint density at radius 2 is 1.65 bits per heavy atom. The van der Waals surface area contributed by atoms with Gasteiger partial charge in [-0.15, -0.1) is 0 Å². The standard InChI is InChI=1S/C17H22N2O3S/c20-16-6-3-11-19(16)12-7-9-13(10-8-12)23(21,22)18-17-14-4-1-2-5-15(14)17/h7-10,14-15,17-18H,1-6,11H2. The monoisotopic (exact) mass is 334 g/mol. The maximum Gasteiger partial charge on any atom is 0.240 e. The van der Waals surface area contributed by atoms with Gasteiger partial charge in [-0.3, -0.25) is 4.79 Å². The second-order valence-electron chi connectivity index (χ2n) is 6.90. The average molecular weight is 334 g/mol. The third-order valence-corrected chi connectivity index (χ3v) is 6.96. The van der Waals surface area contributed by atoms with Crippen molar-refractivity contribution in [1.29, 1.82) is 0 Å². The van der Waals surface area contributed by atoms with E-state index in [2.05, 4.69) is 4.72 Å². The minimum absolute atomic E-state index is 0.112. The molecule has 124 valence electrons. The van der Waals surface area contributed by atoms with Gasteiger partial charge in [-0.25, -0.2) is 13.1 Å². The molecule has 0 bridgehead atoms. The molecule has 1 aliphatic heterocycles. The minimum Gasteiger partial charge on any atom is -0.312 e. The summed E-state index contributed by atoms with van der Waals surface area (Å²) in [5, 5.41) is 0. The summed E-state index contributed by atoms with van der Waals surface area (Å²) in [4.78, 5) is 13.8. The average Bonchev–Trinajstić information content (AvgIpc) is 3.05. The Balaban J connectivity index is 1.47. The van der Waals surface area contributed by atoms with Crippen LogP contribution >= 0.6 is 0 Å². The molecule has 1 aromatic carbocycles. The van der Waals surface area contributed by atoms with Gasteiger partial charge in [-0.05, 0) is 55.4 Å². The number of fused-ring (bicyclic) bond motifs is 1. The fourth-order valence-corrected chi connectivity index (χ4v) is 5.48. The molecule has 0 radical (unpaired) electrons. The SMILES string of the molecule is O=C1CCCN1c1ccc(S(=O)(=O)NC2C3CCCCC32)cc1. The van der Waals surface area contributed by atoms with Crippen LogP contribution < -0.4 is 9.62 Å². The maximum absolute atomic E-state index is 12.5. The smallest absolute Gasteiger partial charge is 0.240 e. The van der Waals surface area contributed by atoms with Crippen LogP contribution in [0, 0.1) is 11.8 Å². The highest BCUT2D eigenvalue weighted by Crippen LogP contribution is 2.50. The van der Waals surface area contributed by atoms with Crippen molar-refractivity contribution in [2.24, 2.45) is 11.8 Å². The Morgan fingerprint density at radius 1 is 1.00 bits per heavy atom. The van der Waals surface area contributed by atoms with Gasteiger partial charge in [0.2, 0.25) is 15.9 Å². The number of hydrogen-bond donors (Lipinski definition) is 1. The minimum atomic E-state index is -3.46. The van der Waals surface area contributed by atoms with E-state index in [-0.39, 0.29) is 16.8 Å². The first kappa shape index (κ1) is 15.1. The number of hydrogen-bond acceptors (Lipinski definition) is 3. The molecule has 2 saturated carbocycles. The van der Waals surface area contributed by atoms with Gasteiger partial charge in [0.05, 0.1) is 4.90 Å². The summed E-state index contributed by atoms with van der Waals surface area (Å²) >= 11 is 0. The van der Waals surface area contributed by atoms with E-state index in [4.69, 9.17) is 0 Å². The molecule has 2 aliphatic carbocycles. The highest BCUT2D eigenvalue weighted by molar-refractivity contribution is 7.89. The summed E-state index contributed by atoms with van der Waals surface area (Å²) in [6, 6.07) is 6.81. The molecule has 1 heterocycles. The Bertz CT molecular complexity index is 702. The molecule has 23 heavy (non-hydrogen) atoms. The Morgan fingerprint density at radius 3 is 2.22 bits per heavy atom. The van der Waals surface area contributed by atoms with Gasteiger partial charge in [0.25, 0.3) is 0 Å². The van der Waals surface area contributed by atoms with Crippen molar-refractivity contribution in [1.82, 2.24) is 4.72 Å². The lowest BCUT2D eigenvalue weighted by Crippen LogP contribution is -2.28. The lowest BCUT2D eigenvalue weighted by Gasteiger charge is -2.16. The van der Waals surface area contributed by atoms with Crippen molar-refractivity contribution in [3.8, 4) is 0 Å². The molecule has 5 nitrogen and oxygen atoms in total. The largest absolute Gasteiger partial charge is 0.312 e. The molecule has 0 aromatic heterocycles. The van der Waals surface area contributed by atoms with E-state index in [1.165, 1.54) is 12.8 Å². The molecule has 1 amide bonds. The number of sulfonamides is 1. The van der Waals surface area contributed by atoms with E-state index in [1.54, 1.807) is 29.2 Å². The van der Waals surface area contributed by atoms with E-state index in [0.717, 1.165) is 24.9 Å². The Hall–Kier alpha value is -1.40. The predicted octanol–water partition coefficient (Wildman–Crippen LogP) is 2.28. The summed E-state index contributed by atoms with van der Waals surface area (Å²) in [5.41, 5.74) is 0.784. The molecule has 4 rings (SSSR count). The molecule has 3 aliphatic rings. The fourth-order valence-electron chi connectivity index (χ4n) is 4.14. The number of nitrogens with zero attached hydrogens (tertiary/aromatic N) is 1. The van der Waals surface area contributed by atoms with Crippen LogP contribution in [0.4, 0.5) is 5.69 Å². The second-order valence-corrected chi connectivity index (χ2v) is 8.62. The van der Waals surface area contributed by atoms with E-state index >= 15 is 0 Å². The number of rotatable bonds is 4. The molecular weight excluding hydrogens is 312 g/mol. The number of benzene rings is 1. The Labute approximate surface area is 137 Å². The van der Waals surface area contributed by atoms with Crippen LogP contribution in [0.15, 0.2) is 29.2 Å². The third-order valence-electron chi connectivity index (χ3n) is 5.48. The number of carbonyl (C=O) groups is 1. The van der Waals surface area contributed by atoms with Crippen molar-refractivity contribution >= 4 is 21.6 Å². The molecule has 6 heteroatoms. The zero-order valence-electron chi connectivity index (χ0n) is 13.1. The highest BCUT2D eigenvalue weighted by atomic mass is 32.2. The predicted molar refractivity (Wildman–Crippen MR) is 87.6 cm³/mol. The Kier molecular flexibility index (Phi) is 3.69. The van der Waals surface area contributed by atoms with Crippen molar-refractivity contribution in [3.05, 3.63) is 24.3 Å². The quantitative estimate of drug-likeness (QED) is 0.918. The van der Waals surface area contributed by atoms with Crippen molar-refractivity contribution in [3.63, 3.8) is 0 Å². The van der Waals surface area contributed by atoms with Crippen LogP contribution in [-0.4, -0.2) is 26.9 Å². The van der Waals surface area contributed by atoms with Crippen LogP contribution in [0.2, 0.25) is 0 Å². The van der Waals surface area contributed by atoms with Gasteiger partial charge in [0, 0.05) is 24.7 Å². The van der Waals surface area contributed by atoms with Gasteiger partial charge < -0.3 is 4.90 Å². The van der Waals surface area contributed by atoms with Crippen molar-refractivity contribution in [2.45, 2.75) is 49.5 Å². The summed E-state index contributed by atoms with van der Waals surface area (Å²) in [6.07, 6.45) is 6.18. The van der Waals surface area contributed by atoms with Crippen LogP contribution in [0.25, 0.3) is 0 Å². The molecular formula is C17H22N2O3S. The molecule has 1 saturated heterocycles.